The average molecular weight is 371 g/mol. The molecule has 2 aliphatic rings. The van der Waals surface area contributed by atoms with Gasteiger partial charge in [-0.1, -0.05) is 42.5 Å². The summed E-state index contributed by atoms with van der Waals surface area (Å²) in [6.07, 6.45) is 4.32. The Kier molecular flexibility index (Phi) is 6.29. The molecule has 0 radical (unpaired) electrons. The maximum absolute atomic E-state index is 13.3. The number of rotatable bonds is 6. The minimum Gasteiger partial charge on any atom is -0.379 e. The van der Waals surface area contributed by atoms with Gasteiger partial charge in [0.05, 0.1) is 13.2 Å². The Bertz CT molecular complexity index is 685. The van der Waals surface area contributed by atoms with Gasteiger partial charge in [0.25, 0.3) is 0 Å². The predicted octanol–water partition coefficient (Wildman–Crippen LogP) is 1.22. The van der Waals surface area contributed by atoms with E-state index in [1.807, 2.05) is 49.4 Å². The highest BCUT2D eigenvalue weighted by Gasteiger charge is 2.48. The summed E-state index contributed by atoms with van der Waals surface area (Å²) in [5.41, 5.74) is 0.0586. The van der Waals surface area contributed by atoms with Crippen LogP contribution in [-0.4, -0.2) is 72.6 Å². The topological polar surface area (TPSA) is 61.9 Å². The summed E-state index contributed by atoms with van der Waals surface area (Å²) in [4.78, 5) is 29.6. The number of morpholine rings is 1. The van der Waals surface area contributed by atoms with Gasteiger partial charge in [-0.25, -0.2) is 0 Å². The molecular formula is C21H29N3O3. The first-order valence-electron chi connectivity index (χ1n) is 9.64. The molecule has 1 fully saturated rings. The van der Waals surface area contributed by atoms with E-state index in [0.29, 0.717) is 13.0 Å². The number of carbonyl (C=O) groups excluding carboxylic acids is 2. The van der Waals surface area contributed by atoms with Crippen molar-refractivity contribution in [3.05, 3.63) is 48.0 Å². The monoisotopic (exact) mass is 371 g/mol. The summed E-state index contributed by atoms with van der Waals surface area (Å²) in [5, 5.41) is 3.07. The van der Waals surface area contributed by atoms with Crippen LogP contribution >= 0.6 is 0 Å². The molecule has 2 heterocycles. The lowest BCUT2D eigenvalue weighted by atomic mass is 9.89. The summed E-state index contributed by atoms with van der Waals surface area (Å²) >= 11 is 0. The van der Waals surface area contributed by atoms with Gasteiger partial charge in [0, 0.05) is 45.6 Å². The van der Waals surface area contributed by atoms with Crippen LogP contribution in [0.15, 0.2) is 42.5 Å². The largest absolute Gasteiger partial charge is 0.379 e. The predicted molar refractivity (Wildman–Crippen MR) is 104 cm³/mol. The Morgan fingerprint density at radius 3 is 2.59 bits per heavy atom. The molecule has 2 atom stereocenters. The lowest BCUT2D eigenvalue weighted by molar-refractivity contribution is -0.143. The van der Waals surface area contributed by atoms with Crippen molar-refractivity contribution in [1.82, 2.24) is 15.1 Å². The highest BCUT2D eigenvalue weighted by Crippen LogP contribution is 2.32. The molecule has 27 heavy (non-hydrogen) atoms. The van der Waals surface area contributed by atoms with Crippen molar-refractivity contribution in [3.63, 3.8) is 0 Å². The molecule has 2 amide bonds. The van der Waals surface area contributed by atoms with Gasteiger partial charge in [-0.2, -0.15) is 0 Å². The van der Waals surface area contributed by atoms with E-state index in [4.69, 9.17) is 4.74 Å². The van der Waals surface area contributed by atoms with E-state index in [-0.39, 0.29) is 17.9 Å². The fraction of sp³-hybridized carbons (Fsp3) is 0.524. The van der Waals surface area contributed by atoms with Crippen molar-refractivity contribution in [2.24, 2.45) is 0 Å². The van der Waals surface area contributed by atoms with Crippen molar-refractivity contribution in [2.75, 3.05) is 39.4 Å². The van der Waals surface area contributed by atoms with Crippen LogP contribution in [0.5, 0.6) is 0 Å². The SMILES string of the molecule is CC(=O)N1C(C)C=C[C@]1(Cc1ccccc1)C(=O)NCCN1CCOCC1. The fourth-order valence-electron chi connectivity index (χ4n) is 4.02. The van der Waals surface area contributed by atoms with E-state index in [2.05, 4.69) is 10.2 Å². The van der Waals surface area contributed by atoms with Gasteiger partial charge in [-0.3, -0.25) is 14.5 Å². The summed E-state index contributed by atoms with van der Waals surface area (Å²) in [6, 6.07) is 9.76. The number of hydrogen-bond donors (Lipinski definition) is 1. The Labute approximate surface area is 161 Å². The summed E-state index contributed by atoms with van der Waals surface area (Å²) in [6.45, 7) is 8.09. The number of nitrogens with zero attached hydrogens (tertiary/aromatic N) is 2. The Balaban J connectivity index is 1.74. The average Bonchev–Trinajstić information content (AvgIpc) is 3.01. The third-order valence-electron chi connectivity index (χ3n) is 5.35. The number of hydrogen-bond acceptors (Lipinski definition) is 4. The first-order chi connectivity index (χ1) is 13.0. The number of nitrogens with one attached hydrogen (secondary N) is 1. The van der Waals surface area contributed by atoms with Gasteiger partial charge in [0.2, 0.25) is 11.8 Å². The van der Waals surface area contributed by atoms with Crippen molar-refractivity contribution >= 4 is 11.8 Å². The first kappa shape index (κ1) is 19.6. The molecular weight excluding hydrogens is 342 g/mol. The maximum Gasteiger partial charge on any atom is 0.250 e. The molecule has 3 rings (SSSR count). The Morgan fingerprint density at radius 2 is 1.93 bits per heavy atom. The molecule has 0 bridgehead atoms. The van der Waals surface area contributed by atoms with Crippen LogP contribution in [0.25, 0.3) is 0 Å². The molecule has 0 aliphatic carbocycles. The lowest BCUT2D eigenvalue weighted by Gasteiger charge is -2.39. The lowest BCUT2D eigenvalue weighted by Crippen LogP contribution is -2.60. The van der Waals surface area contributed by atoms with Crippen LogP contribution in [0.4, 0.5) is 0 Å². The van der Waals surface area contributed by atoms with Crippen molar-refractivity contribution in [2.45, 2.75) is 31.8 Å². The quantitative estimate of drug-likeness (QED) is 0.764. The highest BCUT2D eigenvalue weighted by molar-refractivity contribution is 5.94. The van der Waals surface area contributed by atoms with E-state index in [9.17, 15) is 9.59 Å². The highest BCUT2D eigenvalue weighted by atomic mass is 16.5. The second-order valence-corrected chi connectivity index (χ2v) is 7.29. The van der Waals surface area contributed by atoms with Crippen LogP contribution in [0, 0.1) is 0 Å². The van der Waals surface area contributed by atoms with E-state index >= 15 is 0 Å². The van der Waals surface area contributed by atoms with E-state index < -0.39 is 5.54 Å². The van der Waals surface area contributed by atoms with E-state index in [1.54, 1.807) is 4.90 Å². The first-order valence-corrected chi connectivity index (χ1v) is 9.64. The zero-order valence-electron chi connectivity index (χ0n) is 16.2. The fourth-order valence-corrected chi connectivity index (χ4v) is 4.02. The molecule has 1 saturated heterocycles. The molecule has 1 aromatic carbocycles. The molecule has 1 aromatic rings. The molecule has 1 N–H and O–H groups in total. The minimum absolute atomic E-state index is 0.0910. The third-order valence-corrected chi connectivity index (χ3v) is 5.35. The van der Waals surface area contributed by atoms with Crippen molar-refractivity contribution in [1.29, 1.82) is 0 Å². The Hall–Kier alpha value is -2.18. The zero-order chi connectivity index (χ0) is 19.3. The molecule has 0 saturated carbocycles. The zero-order valence-corrected chi connectivity index (χ0v) is 16.2. The van der Waals surface area contributed by atoms with Crippen LogP contribution in [0.3, 0.4) is 0 Å². The van der Waals surface area contributed by atoms with Crippen molar-refractivity contribution < 1.29 is 14.3 Å². The van der Waals surface area contributed by atoms with Crippen LogP contribution in [0.2, 0.25) is 0 Å². The van der Waals surface area contributed by atoms with Gasteiger partial charge in [0.1, 0.15) is 5.54 Å². The summed E-state index contributed by atoms with van der Waals surface area (Å²) in [7, 11) is 0. The molecule has 6 nitrogen and oxygen atoms in total. The van der Waals surface area contributed by atoms with Gasteiger partial charge < -0.3 is 15.0 Å². The van der Waals surface area contributed by atoms with Gasteiger partial charge in [-0.05, 0) is 12.5 Å². The molecule has 6 heteroatoms. The third kappa shape index (κ3) is 4.39. The Morgan fingerprint density at radius 1 is 1.22 bits per heavy atom. The molecule has 0 spiro atoms. The number of ether oxygens (including phenoxy) is 1. The number of carbonyl (C=O) groups is 2. The summed E-state index contributed by atoms with van der Waals surface area (Å²) < 4.78 is 5.36. The minimum atomic E-state index is -0.975. The maximum atomic E-state index is 13.3. The standard InChI is InChI=1S/C21H29N3O3/c1-17-8-9-21(24(17)18(2)25,16-19-6-4-3-5-7-19)20(26)22-10-11-23-12-14-27-15-13-23/h3-9,17H,10-16H2,1-2H3,(H,22,26)/t17?,21-/m0/s1. The molecule has 2 aliphatic heterocycles. The van der Waals surface area contributed by atoms with Gasteiger partial charge in [-0.15, -0.1) is 0 Å². The molecule has 0 aromatic heterocycles. The van der Waals surface area contributed by atoms with Crippen LogP contribution in [0.1, 0.15) is 19.4 Å². The van der Waals surface area contributed by atoms with Gasteiger partial charge >= 0.3 is 0 Å². The van der Waals surface area contributed by atoms with E-state index in [0.717, 1.165) is 38.4 Å². The molecule has 1 unspecified atom stereocenters. The van der Waals surface area contributed by atoms with Crippen molar-refractivity contribution in [3.8, 4) is 0 Å². The smallest absolute Gasteiger partial charge is 0.250 e. The second kappa shape index (κ2) is 8.67. The normalized spacial score (nSPS) is 25.6. The van der Waals surface area contributed by atoms with Gasteiger partial charge in [0.15, 0.2) is 0 Å². The number of benzene rings is 1. The number of amides is 2. The van der Waals surface area contributed by atoms with Crippen LogP contribution < -0.4 is 5.32 Å². The van der Waals surface area contributed by atoms with Crippen LogP contribution in [-0.2, 0) is 20.7 Å². The molecule has 146 valence electrons. The van der Waals surface area contributed by atoms with E-state index in [1.165, 1.54) is 6.92 Å². The summed E-state index contributed by atoms with van der Waals surface area (Å²) in [5.74, 6) is -0.206. The second-order valence-electron chi connectivity index (χ2n) is 7.29.